The van der Waals surface area contributed by atoms with Gasteiger partial charge in [0.1, 0.15) is 0 Å². The Morgan fingerprint density at radius 1 is 0.571 bits per heavy atom. The van der Waals surface area contributed by atoms with Crippen molar-refractivity contribution in [2.24, 2.45) is 0 Å². The number of hydrogen-bond donors (Lipinski definition) is 1. The molecule has 0 aromatic rings. The van der Waals surface area contributed by atoms with Crippen LogP contribution in [0.1, 0.15) is 110 Å². The Balaban J connectivity index is 3.27. The number of carboxylic acids is 1. The molecular formula is C26H44O2. The first kappa shape index (κ1) is 26.4. The van der Waals surface area contributed by atoms with Crippen molar-refractivity contribution in [1.82, 2.24) is 0 Å². The summed E-state index contributed by atoms with van der Waals surface area (Å²) >= 11 is 0. The Hall–Kier alpha value is -1.57. The number of carbonyl (C=O) groups is 1. The molecule has 0 bridgehead atoms. The van der Waals surface area contributed by atoms with Gasteiger partial charge in [0.2, 0.25) is 0 Å². The first-order chi connectivity index (χ1) is 13.8. The molecule has 0 heterocycles. The molecule has 0 aliphatic heterocycles. The van der Waals surface area contributed by atoms with Crippen LogP contribution in [0, 0.1) is 0 Å². The van der Waals surface area contributed by atoms with E-state index in [1.54, 1.807) is 0 Å². The summed E-state index contributed by atoms with van der Waals surface area (Å²) in [4.78, 5) is 10.4. The van der Waals surface area contributed by atoms with E-state index in [1.807, 2.05) is 0 Å². The molecule has 0 aromatic heterocycles. The van der Waals surface area contributed by atoms with Gasteiger partial charge in [-0.1, -0.05) is 107 Å². The number of carboxylic acid groups (broad SMARTS) is 1. The fourth-order valence-electron chi connectivity index (χ4n) is 2.99. The normalized spacial score (nSPS) is 12.3. The average Bonchev–Trinajstić information content (AvgIpc) is 2.68. The topological polar surface area (TPSA) is 37.3 Å². The molecule has 0 atom stereocenters. The third kappa shape index (κ3) is 24.4. The van der Waals surface area contributed by atoms with E-state index in [2.05, 4.69) is 55.5 Å². The predicted molar refractivity (Wildman–Crippen MR) is 124 cm³/mol. The van der Waals surface area contributed by atoms with Crippen LogP contribution >= 0.6 is 0 Å². The van der Waals surface area contributed by atoms with E-state index >= 15 is 0 Å². The highest BCUT2D eigenvalue weighted by molar-refractivity contribution is 5.66. The van der Waals surface area contributed by atoms with Crippen LogP contribution in [0.2, 0.25) is 0 Å². The van der Waals surface area contributed by atoms with Crippen LogP contribution in [0.25, 0.3) is 0 Å². The monoisotopic (exact) mass is 388 g/mol. The molecule has 2 heteroatoms. The van der Waals surface area contributed by atoms with E-state index in [0.29, 0.717) is 6.42 Å². The quantitative estimate of drug-likeness (QED) is 0.167. The van der Waals surface area contributed by atoms with Crippen molar-refractivity contribution >= 4 is 5.97 Å². The zero-order valence-corrected chi connectivity index (χ0v) is 18.3. The fourth-order valence-corrected chi connectivity index (χ4v) is 2.99. The van der Waals surface area contributed by atoms with Gasteiger partial charge in [-0.15, -0.1) is 0 Å². The van der Waals surface area contributed by atoms with Gasteiger partial charge in [-0.05, 0) is 44.9 Å². The van der Waals surface area contributed by atoms with Gasteiger partial charge in [0.15, 0.2) is 0 Å². The van der Waals surface area contributed by atoms with Crippen LogP contribution in [0.4, 0.5) is 0 Å². The minimum Gasteiger partial charge on any atom is -0.481 e. The summed E-state index contributed by atoms with van der Waals surface area (Å²) in [5.74, 6) is -0.663. The summed E-state index contributed by atoms with van der Waals surface area (Å²) in [5, 5.41) is 8.57. The van der Waals surface area contributed by atoms with Gasteiger partial charge in [0, 0.05) is 6.42 Å². The van der Waals surface area contributed by atoms with Crippen LogP contribution in [0.5, 0.6) is 0 Å². The maximum atomic E-state index is 10.4. The van der Waals surface area contributed by atoms with Crippen molar-refractivity contribution in [3.8, 4) is 0 Å². The molecule has 0 aliphatic rings. The van der Waals surface area contributed by atoms with E-state index in [9.17, 15) is 4.79 Å². The van der Waals surface area contributed by atoms with Crippen molar-refractivity contribution in [2.75, 3.05) is 0 Å². The molecule has 0 rings (SSSR count). The minimum absolute atomic E-state index is 0.331. The molecule has 0 amide bonds. The Labute approximate surface area is 174 Å². The molecule has 28 heavy (non-hydrogen) atoms. The lowest BCUT2D eigenvalue weighted by Gasteiger charge is -2.01. The molecule has 0 aromatic carbocycles. The number of unbranched alkanes of at least 4 members (excludes halogenated alkanes) is 10. The maximum absolute atomic E-state index is 10.4. The first-order valence-corrected chi connectivity index (χ1v) is 11.6. The van der Waals surface area contributed by atoms with Crippen molar-refractivity contribution in [2.45, 2.75) is 110 Å². The molecule has 0 unspecified atom stereocenters. The third-order valence-corrected chi connectivity index (χ3v) is 4.70. The zero-order chi connectivity index (χ0) is 20.5. The molecule has 0 radical (unpaired) electrons. The predicted octanol–water partition coefficient (Wildman–Crippen LogP) is 8.56. The molecule has 0 saturated carbocycles. The maximum Gasteiger partial charge on any atom is 0.303 e. The summed E-state index contributed by atoms with van der Waals surface area (Å²) in [7, 11) is 0. The second-order valence-electron chi connectivity index (χ2n) is 7.50. The van der Waals surface area contributed by atoms with Crippen LogP contribution in [-0.2, 0) is 4.79 Å². The van der Waals surface area contributed by atoms with E-state index in [4.69, 9.17) is 5.11 Å². The van der Waals surface area contributed by atoms with E-state index in [-0.39, 0.29) is 0 Å². The van der Waals surface area contributed by atoms with Crippen LogP contribution in [-0.4, -0.2) is 11.1 Å². The van der Waals surface area contributed by atoms with Crippen LogP contribution < -0.4 is 0 Å². The number of rotatable bonds is 20. The Kier molecular flexibility index (Phi) is 22.2. The lowest BCUT2D eigenvalue weighted by molar-refractivity contribution is -0.137. The van der Waals surface area contributed by atoms with Crippen LogP contribution in [0.3, 0.4) is 0 Å². The summed E-state index contributed by atoms with van der Waals surface area (Å²) in [5.41, 5.74) is 0. The van der Waals surface area contributed by atoms with Gasteiger partial charge in [-0.25, -0.2) is 0 Å². The number of hydrogen-bond acceptors (Lipinski definition) is 1. The van der Waals surface area contributed by atoms with E-state index in [1.165, 1.54) is 64.2 Å². The molecule has 0 saturated heterocycles. The van der Waals surface area contributed by atoms with Gasteiger partial charge in [-0.3, -0.25) is 4.79 Å². The van der Waals surface area contributed by atoms with Crippen molar-refractivity contribution in [3.63, 3.8) is 0 Å². The fraction of sp³-hybridized carbons (Fsp3) is 0.654. The van der Waals surface area contributed by atoms with Crippen molar-refractivity contribution in [3.05, 3.63) is 48.6 Å². The Morgan fingerprint density at radius 2 is 0.964 bits per heavy atom. The largest absolute Gasteiger partial charge is 0.481 e. The van der Waals surface area contributed by atoms with Crippen molar-refractivity contribution < 1.29 is 9.90 Å². The first-order valence-electron chi connectivity index (χ1n) is 11.6. The van der Waals surface area contributed by atoms with Crippen LogP contribution in [0.15, 0.2) is 48.6 Å². The molecule has 0 fully saturated rings. The smallest absolute Gasteiger partial charge is 0.303 e. The highest BCUT2D eigenvalue weighted by Crippen LogP contribution is 2.11. The van der Waals surface area contributed by atoms with Gasteiger partial charge in [0.05, 0.1) is 0 Å². The summed E-state index contributed by atoms with van der Waals surface area (Å²) in [6, 6.07) is 0. The summed E-state index contributed by atoms with van der Waals surface area (Å²) in [6.07, 6.45) is 36.1. The Morgan fingerprint density at radius 3 is 1.43 bits per heavy atom. The minimum atomic E-state index is -0.663. The molecular weight excluding hydrogens is 344 g/mol. The SMILES string of the molecule is CCC/C=C/C/C=C/C/C=C/C/C=C/CCCCCCCCCCCC(=O)O. The van der Waals surface area contributed by atoms with Crippen molar-refractivity contribution in [1.29, 1.82) is 0 Å². The highest BCUT2D eigenvalue weighted by atomic mass is 16.4. The lowest BCUT2D eigenvalue weighted by atomic mass is 10.1. The summed E-state index contributed by atoms with van der Waals surface area (Å²) < 4.78 is 0. The number of allylic oxidation sites excluding steroid dienone is 8. The average molecular weight is 389 g/mol. The Bertz CT molecular complexity index is 443. The number of aliphatic carboxylic acids is 1. The van der Waals surface area contributed by atoms with Gasteiger partial charge in [0.25, 0.3) is 0 Å². The second-order valence-corrected chi connectivity index (χ2v) is 7.50. The zero-order valence-electron chi connectivity index (χ0n) is 18.3. The van der Waals surface area contributed by atoms with E-state index in [0.717, 1.165) is 32.1 Å². The second kappa shape index (κ2) is 23.5. The molecule has 1 N–H and O–H groups in total. The van der Waals surface area contributed by atoms with Gasteiger partial charge < -0.3 is 5.11 Å². The van der Waals surface area contributed by atoms with Gasteiger partial charge >= 0.3 is 5.97 Å². The van der Waals surface area contributed by atoms with E-state index < -0.39 is 5.97 Å². The molecule has 2 nitrogen and oxygen atoms in total. The highest BCUT2D eigenvalue weighted by Gasteiger charge is 1.96. The molecule has 0 aliphatic carbocycles. The lowest BCUT2D eigenvalue weighted by Crippen LogP contribution is -1.93. The third-order valence-electron chi connectivity index (χ3n) is 4.70. The molecule has 160 valence electrons. The van der Waals surface area contributed by atoms with Gasteiger partial charge in [-0.2, -0.15) is 0 Å². The summed E-state index contributed by atoms with van der Waals surface area (Å²) in [6.45, 7) is 2.21. The standard InChI is InChI=1S/C26H44O2/c1-2-3-4-5-6-7-8-9-10-11-12-13-14-15-16-17-18-19-20-21-22-23-24-25-26(27)28/h4-5,7-8,10-11,13-14H,2-3,6,9,12,15-25H2,1H3,(H,27,28)/b5-4+,8-7+,11-10+,14-13+. The molecule has 0 spiro atoms.